The Morgan fingerprint density at radius 2 is 1.72 bits per heavy atom. The molecule has 0 N–H and O–H groups in total. The van der Waals surface area contributed by atoms with Crippen molar-refractivity contribution in [3.8, 4) is 0 Å². The molecule has 0 saturated carbocycles. The minimum atomic E-state index is 0. The largest absolute Gasteiger partial charge is 0.260 e. The Hall–Kier alpha value is -1.50. The molecule has 0 aliphatic heterocycles. The van der Waals surface area contributed by atoms with Gasteiger partial charge in [-0.2, -0.15) is 35.9 Å². The van der Waals surface area contributed by atoms with E-state index in [1.54, 1.807) is 0 Å². The zero-order valence-corrected chi connectivity index (χ0v) is 12.2. The molecule has 0 amide bonds. The van der Waals surface area contributed by atoms with Crippen LogP contribution in [0.5, 0.6) is 0 Å². The molecule has 0 bridgehead atoms. The zero-order chi connectivity index (χ0) is 11.5. The molecule has 3 aromatic rings. The molecular formula is C16H12IrN-. The molecule has 2 heteroatoms. The molecule has 0 aliphatic carbocycles. The van der Waals surface area contributed by atoms with Crippen molar-refractivity contribution in [3.05, 3.63) is 78.1 Å². The van der Waals surface area contributed by atoms with Gasteiger partial charge in [0.15, 0.2) is 0 Å². The minimum absolute atomic E-state index is 0. The van der Waals surface area contributed by atoms with Crippen molar-refractivity contribution in [2.45, 2.75) is 6.42 Å². The van der Waals surface area contributed by atoms with Crippen molar-refractivity contribution in [1.29, 1.82) is 0 Å². The van der Waals surface area contributed by atoms with Crippen LogP contribution in [0.3, 0.4) is 0 Å². The summed E-state index contributed by atoms with van der Waals surface area (Å²) in [6.07, 6.45) is 2.78. The van der Waals surface area contributed by atoms with E-state index in [4.69, 9.17) is 0 Å². The molecule has 1 aromatic heterocycles. The van der Waals surface area contributed by atoms with E-state index in [0.29, 0.717) is 0 Å². The molecule has 18 heavy (non-hydrogen) atoms. The summed E-state index contributed by atoms with van der Waals surface area (Å²) in [5.74, 6) is 0. The first-order valence-electron chi connectivity index (χ1n) is 5.71. The Balaban J connectivity index is 0.00000120. The molecule has 1 heterocycles. The Bertz CT molecular complexity index is 635. The van der Waals surface area contributed by atoms with Crippen LogP contribution in [0.15, 0.2) is 60.8 Å². The third kappa shape index (κ3) is 2.84. The first-order chi connectivity index (χ1) is 8.42. The number of rotatable bonds is 2. The van der Waals surface area contributed by atoms with Crippen LogP contribution in [0.4, 0.5) is 0 Å². The molecule has 0 saturated heterocycles. The van der Waals surface area contributed by atoms with Crippen LogP contribution in [0.1, 0.15) is 11.3 Å². The van der Waals surface area contributed by atoms with Gasteiger partial charge in [0.1, 0.15) is 0 Å². The zero-order valence-electron chi connectivity index (χ0n) is 9.76. The fourth-order valence-corrected chi connectivity index (χ4v) is 1.96. The van der Waals surface area contributed by atoms with Gasteiger partial charge in [0, 0.05) is 37.4 Å². The van der Waals surface area contributed by atoms with Crippen molar-refractivity contribution < 1.29 is 20.1 Å². The third-order valence-electron chi connectivity index (χ3n) is 2.83. The quantitative estimate of drug-likeness (QED) is 0.588. The van der Waals surface area contributed by atoms with Gasteiger partial charge >= 0.3 is 0 Å². The van der Waals surface area contributed by atoms with Crippen molar-refractivity contribution >= 4 is 10.8 Å². The molecule has 1 radical (unpaired) electrons. The molecule has 91 valence electrons. The van der Waals surface area contributed by atoms with Crippen molar-refractivity contribution in [2.24, 2.45) is 0 Å². The average Bonchev–Trinajstić information content (AvgIpc) is 2.40. The number of nitrogens with zero attached hydrogens (tertiary/aromatic N) is 1. The van der Waals surface area contributed by atoms with Crippen molar-refractivity contribution in [3.63, 3.8) is 0 Å². The summed E-state index contributed by atoms with van der Waals surface area (Å²) < 4.78 is 0. The van der Waals surface area contributed by atoms with Crippen LogP contribution >= 0.6 is 0 Å². The maximum atomic E-state index is 4.48. The van der Waals surface area contributed by atoms with Gasteiger partial charge in [0.25, 0.3) is 0 Å². The van der Waals surface area contributed by atoms with Crippen molar-refractivity contribution in [2.75, 3.05) is 0 Å². The van der Waals surface area contributed by atoms with Crippen LogP contribution in [0, 0.1) is 6.07 Å². The maximum Gasteiger partial charge on any atom is 0.0432 e. The first-order valence-corrected chi connectivity index (χ1v) is 5.71. The molecule has 0 unspecified atom stereocenters. The number of pyridine rings is 1. The molecular weight excluding hydrogens is 398 g/mol. The van der Waals surface area contributed by atoms with Gasteiger partial charge in [-0.3, -0.25) is 4.98 Å². The maximum absolute atomic E-state index is 4.48. The van der Waals surface area contributed by atoms with Gasteiger partial charge in [0.2, 0.25) is 0 Å². The fourth-order valence-electron chi connectivity index (χ4n) is 1.96. The molecule has 1 nitrogen and oxygen atoms in total. The smallest absolute Gasteiger partial charge is 0.0432 e. The van der Waals surface area contributed by atoms with E-state index in [-0.39, 0.29) is 20.1 Å². The second kappa shape index (κ2) is 5.90. The second-order valence-corrected chi connectivity index (χ2v) is 4.09. The van der Waals surface area contributed by atoms with Crippen LogP contribution in [-0.2, 0) is 26.5 Å². The number of hydrogen-bond donors (Lipinski definition) is 0. The predicted molar refractivity (Wildman–Crippen MR) is 69.8 cm³/mol. The van der Waals surface area contributed by atoms with Gasteiger partial charge < -0.3 is 0 Å². The molecule has 3 rings (SSSR count). The van der Waals surface area contributed by atoms with E-state index < -0.39 is 0 Å². The van der Waals surface area contributed by atoms with Crippen LogP contribution in [0.2, 0.25) is 0 Å². The summed E-state index contributed by atoms with van der Waals surface area (Å²) in [6, 6.07) is 21.7. The van der Waals surface area contributed by atoms with Gasteiger partial charge in [-0.25, -0.2) is 0 Å². The topological polar surface area (TPSA) is 12.9 Å². The Labute approximate surface area is 120 Å². The number of hydrogen-bond acceptors (Lipinski definition) is 1. The minimum Gasteiger partial charge on any atom is -0.260 e. The SMILES string of the molecule is [Ir].[c-]1ccccc1Cc1cc2ccccc2cn1. The number of fused-ring (bicyclic) bond motifs is 1. The fraction of sp³-hybridized carbons (Fsp3) is 0.0625. The summed E-state index contributed by atoms with van der Waals surface area (Å²) in [6.45, 7) is 0. The van der Waals surface area contributed by atoms with Crippen LogP contribution < -0.4 is 0 Å². The van der Waals surface area contributed by atoms with E-state index in [0.717, 1.165) is 12.1 Å². The second-order valence-electron chi connectivity index (χ2n) is 4.09. The van der Waals surface area contributed by atoms with Gasteiger partial charge in [-0.1, -0.05) is 24.3 Å². The Morgan fingerprint density at radius 1 is 0.944 bits per heavy atom. The van der Waals surface area contributed by atoms with Crippen LogP contribution in [-0.4, -0.2) is 4.98 Å². The average molecular weight is 410 g/mol. The Morgan fingerprint density at radius 3 is 2.50 bits per heavy atom. The standard InChI is InChI=1S/C16H12N.Ir/c1-2-6-13(7-3-1)10-16-11-14-8-4-5-9-15(14)12-17-16;/h1-6,8-9,11-12H,10H2;/q-1;. The van der Waals surface area contributed by atoms with E-state index in [9.17, 15) is 0 Å². The number of aromatic nitrogens is 1. The first kappa shape index (κ1) is 12.9. The summed E-state index contributed by atoms with van der Waals surface area (Å²) in [5, 5.41) is 2.43. The van der Waals surface area contributed by atoms with E-state index in [1.807, 2.05) is 30.5 Å². The summed E-state index contributed by atoms with van der Waals surface area (Å²) >= 11 is 0. The predicted octanol–water partition coefficient (Wildman–Crippen LogP) is 3.62. The monoisotopic (exact) mass is 411 g/mol. The molecule has 0 fully saturated rings. The normalized spacial score (nSPS) is 10.0. The summed E-state index contributed by atoms with van der Waals surface area (Å²) in [5.41, 5.74) is 2.27. The molecule has 0 atom stereocenters. The van der Waals surface area contributed by atoms with E-state index in [2.05, 4.69) is 41.4 Å². The van der Waals surface area contributed by atoms with Crippen LogP contribution in [0.25, 0.3) is 10.8 Å². The van der Waals surface area contributed by atoms with Crippen molar-refractivity contribution in [1.82, 2.24) is 4.98 Å². The van der Waals surface area contributed by atoms with E-state index >= 15 is 0 Å². The van der Waals surface area contributed by atoms with Gasteiger partial charge in [-0.15, -0.1) is 0 Å². The summed E-state index contributed by atoms with van der Waals surface area (Å²) in [4.78, 5) is 4.48. The Kier molecular flexibility index (Phi) is 4.24. The molecule has 2 aromatic carbocycles. The van der Waals surface area contributed by atoms with Gasteiger partial charge in [0.05, 0.1) is 0 Å². The van der Waals surface area contributed by atoms with E-state index in [1.165, 1.54) is 16.3 Å². The molecule has 0 aliphatic rings. The van der Waals surface area contributed by atoms with Gasteiger partial charge in [-0.05, 0) is 17.9 Å². The summed E-state index contributed by atoms with van der Waals surface area (Å²) in [7, 11) is 0. The third-order valence-corrected chi connectivity index (χ3v) is 2.83. The number of benzene rings is 2. The molecule has 0 spiro atoms.